The number of carbonyl (C=O) groups excluding carboxylic acids is 1. The molecule has 5 heteroatoms. The molecule has 2 amide bonds. The largest absolute Gasteiger partial charge is 0.481 e. The summed E-state index contributed by atoms with van der Waals surface area (Å²) in [5.41, 5.74) is 0. The third-order valence-corrected chi connectivity index (χ3v) is 4.02. The molecular formula is C14H22N2O3. The van der Waals surface area contributed by atoms with Crippen LogP contribution >= 0.6 is 0 Å². The van der Waals surface area contributed by atoms with E-state index in [1.165, 1.54) is 12.8 Å². The molecule has 0 saturated carbocycles. The van der Waals surface area contributed by atoms with E-state index in [9.17, 15) is 9.59 Å². The van der Waals surface area contributed by atoms with E-state index in [2.05, 4.69) is 12.2 Å². The van der Waals surface area contributed by atoms with Gasteiger partial charge in [0, 0.05) is 12.6 Å². The summed E-state index contributed by atoms with van der Waals surface area (Å²) in [5, 5.41) is 11.8. The highest BCUT2D eigenvalue weighted by Gasteiger charge is 2.28. The van der Waals surface area contributed by atoms with Crippen LogP contribution in [0.3, 0.4) is 0 Å². The van der Waals surface area contributed by atoms with Crippen LogP contribution in [0.5, 0.6) is 0 Å². The molecule has 2 N–H and O–H groups in total. The molecule has 1 heterocycles. The maximum absolute atomic E-state index is 12.2. The van der Waals surface area contributed by atoms with Crippen molar-refractivity contribution in [1.29, 1.82) is 0 Å². The molecular weight excluding hydrogens is 244 g/mol. The van der Waals surface area contributed by atoms with E-state index in [1.54, 1.807) is 12.2 Å². The van der Waals surface area contributed by atoms with Crippen LogP contribution in [0.4, 0.5) is 4.79 Å². The average Bonchev–Trinajstić information content (AvgIpc) is 2.71. The number of hydrogen-bond acceptors (Lipinski definition) is 2. The van der Waals surface area contributed by atoms with Gasteiger partial charge in [0.25, 0.3) is 0 Å². The Morgan fingerprint density at radius 1 is 1.26 bits per heavy atom. The summed E-state index contributed by atoms with van der Waals surface area (Å²) in [5.74, 6) is -1.29. The number of nitrogens with one attached hydrogen (secondary N) is 1. The van der Waals surface area contributed by atoms with E-state index in [0.29, 0.717) is 6.42 Å². The number of urea groups is 1. The van der Waals surface area contributed by atoms with Crippen LogP contribution < -0.4 is 5.32 Å². The molecule has 0 radical (unpaired) electrons. The molecule has 1 aliphatic carbocycles. The number of rotatable bonds is 2. The SMILES string of the molecule is CC1CCCCCN1C(=O)NC1C=CC(C(=O)O)C1. The first-order valence-corrected chi connectivity index (χ1v) is 7.06. The molecule has 1 aliphatic heterocycles. The van der Waals surface area contributed by atoms with E-state index in [1.807, 2.05) is 4.90 Å². The molecule has 2 rings (SSSR count). The fourth-order valence-corrected chi connectivity index (χ4v) is 2.81. The predicted molar refractivity (Wildman–Crippen MR) is 71.8 cm³/mol. The Labute approximate surface area is 113 Å². The van der Waals surface area contributed by atoms with Crippen LogP contribution in [0.2, 0.25) is 0 Å². The molecule has 19 heavy (non-hydrogen) atoms. The lowest BCUT2D eigenvalue weighted by Crippen LogP contribution is -2.47. The minimum atomic E-state index is -0.823. The normalized spacial score (nSPS) is 31.0. The molecule has 0 bridgehead atoms. The van der Waals surface area contributed by atoms with Crippen molar-refractivity contribution in [3.63, 3.8) is 0 Å². The third-order valence-electron chi connectivity index (χ3n) is 4.02. The van der Waals surface area contributed by atoms with Crippen LogP contribution in [-0.4, -0.2) is 40.6 Å². The summed E-state index contributed by atoms with van der Waals surface area (Å²) in [4.78, 5) is 25.0. The monoisotopic (exact) mass is 266 g/mol. The van der Waals surface area contributed by atoms with Gasteiger partial charge in [0.1, 0.15) is 0 Å². The van der Waals surface area contributed by atoms with Gasteiger partial charge in [-0.05, 0) is 26.2 Å². The Balaban J connectivity index is 1.87. The molecule has 5 nitrogen and oxygen atoms in total. The minimum absolute atomic E-state index is 0.0601. The van der Waals surface area contributed by atoms with Crippen molar-refractivity contribution in [2.75, 3.05) is 6.54 Å². The van der Waals surface area contributed by atoms with Gasteiger partial charge in [-0.25, -0.2) is 4.79 Å². The van der Waals surface area contributed by atoms with Gasteiger partial charge in [-0.2, -0.15) is 0 Å². The van der Waals surface area contributed by atoms with Crippen molar-refractivity contribution in [1.82, 2.24) is 10.2 Å². The first kappa shape index (κ1) is 13.9. The summed E-state index contributed by atoms with van der Waals surface area (Å²) in [7, 11) is 0. The van der Waals surface area contributed by atoms with Crippen molar-refractivity contribution in [3.8, 4) is 0 Å². The number of nitrogens with zero attached hydrogens (tertiary/aromatic N) is 1. The summed E-state index contributed by atoms with van der Waals surface area (Å²) >= 11 is 0. The first-order valence-electron chi connectivity index (χ1n) is 7.06. The van der Waals surface area contributed by atoms with Crippen molar-refractivity contribution >= 4 is 12.0 Å². The molecule has 3 unspecified atom stereocenters. The fourth-order valence-electron chi connectivity index (χ4n) is 2.81. The quantitative estimate of drug-likeness (QED) is 0.751. The van der Waals surface area contributed by atoms with Crippen LogP contribution in [-0.2, 0) is 4.79 Å². The predicted octanol–water partition coefficient (Wildman–Crippen LogP) is 1.99. The lowest BCUT2D eigenvalue weighted by molar-refractivity contribution is -0.140. The molecule has 2 aliphatic rings. The van der Waals surface area contributed by atoms with Gasteiger partial charge in [0.15, 0.2) is 0 Å². The molecule has 1 fully saturated rings. The van der Waals surface area contributed by atoms with Gasteiger partial charge in [-0.15, -0.1) is 0 Å². The van der Waals surface area contributed by atoms with Crippen LogP contribution in [0.15, 0.2) is 12.2 Å². The molecule has 0 aromatic heterocycles. The van der Waals surface area contributed by atoms with Crippen molar-refractivity contribution in [2.45, 2.75) is 51.1 Å². The number of hydrogen-bond donors (Lipinski definition) is 2. The summed E-state index contributed by atoms with van der Waals surface area (Å²) in [6.45, 7) is 2.88. The Hall–Kier alpha value is -1.52. The summed E-state index contributed by atoms with van der Waals surface area (Å²) in [6.07, 6.45) is 8.37. The summed E-state index contributed by atoms with van der Waals surface area (Å²) < 4.78 is 0. The minimum Gasteiger partial charge on any atom is -0.481 e. The topological polar surface area (TPSA) is 69.6 Å². The zero-order valence-corrected chi connectivity index (χ0v) is 11.3. The fraction of sp³-hybridized carbons (Fsp3) is 0.714. The maximum atomic E-state index is 12.2. The zero-order chi connectivity index (χ0) is 13.8. The van der Waals surface area contributed by atoms with Gasteiger partial charge in [0.05, 0.1) is 12.0 Å². The molecule has 0 aromatic carbocycles. The van der Waals surface area contributed by atoms with Gasteiger partial charge >= 0.3 is 12.0 Å². The van der Waals surface area contributed by atoms with E-state index in [4.69, 9.17) is 5.11 Å². The molecule has 1 saturated heterocycles. The summed E-state index contributed by atoms with van der Waals surface area (Å²) in [6, 6.07) is 0.0577. The highest BCUT2D eigenvalue weighted by molar-refractivity contribution is 5.76. The van der Waals surface area contributed by atoms with Gasteiger partial charge in [-0.1, -0.05) is 25.0 Å². The number of aliphatic carboxylic acids is 1. The number of likely N-dealkylation sites (tertiary alicyclic amines) is 1. The second-order valence-electron chi connectivity index (χ2n) is 5.51. The third kappa shape index (κ3) is 3.49. The van der Waals surface area contributed by atoms with Crippen molar-refractivity contribution in [3.05, 3.63) is 12.2 Å². The highest BCUT2D eigenvalue weighted by Crippen LogP contribution is 2.20. The Morgan fingerprint density at radius 3 is 2.74 bits per heavy atom. The standard InChI is InChI=1S/C14H22N2O3/c1-10-5-3-2-4-8-16(10)14(19)15-12-7-6-11(9-12)13(17)18/h6-7,10-12H,2-5,8-9H2,1H3,(H,15,19)(H,17,18). The van der Waals surface area contributed by atoms with Gasteiger partial charge < -0.3 is 15.3 Å². The highest BCUT2D eigenvalue weighted by atomic mass is 16.4. The van der Waals surface area contributed by atoms with E-state index >= 15 is 0 Å². The van der Waals surface area contributed by atoms with Crippen molar-refractivity contribution < 1.29 is 14.7 Å². The van der Waals surface area contributed by atoms with E-state index in [0.717, 1.165) is 19.4 Å². The first-order chi connectivity index (χ1) is 9.08. The Bertz CT molecular complexity index is 381. The van der Waals surface area contributed by atoms with Gasteiger partial charge in [0.2, 0.25) is 0 Å². The maximum Gasteiger partial charge on any atom is 0.318 e. The van der Waals surface area contributed by atoms with Gasteiger partial charge in [-0.3, -0.25) is 4.79 Å². The number of carbonyl (C=O) groups is 2. The second-order valence-corrected chi connectivity index (χ2v) is 5.51. The molecule has 3 atom stereocenters. The van der Waals surface area contributed by atoms with Crippen LogP contribution in [0, 0.1) is 5.92 Å². The average molecular weight is 266 g/mol. The molecule has 0 spiro atoms. The number of carboxylic acid groups (broad SMARTS) is 1. The lowest BCUT2D eigenvalue weighted by atomic mass is 10.1. The Kier molecular flexibility index (Phi) is 4.45. The van der Waals surface area contributed by atoms with E-state index < -0.39 is 11.9 Å². The molecule has 0 aromatic rings. The lowest BCUT2D eigenvalue weighted by Gasteiger charge is -2.28. The van der Waals surface area contributed by atoms with Crippen LogP contribution in [0.1, 0.15) is 39.0 Å². The van der Waals surface area contributed by atoms with E-state index in [-0.39, 0.29) is 18.1 Å². The van der Waals surface area contributed by atoms with Crippen molar-refractivity contribution in [2.24, 2.45) is 5.92 Å². The van der Waals surface area contributed by atoms with Crippen LogP contribution in [0.25, 0.3) is 0 Å². The number of carboxylic acids is 1. The zero-order valence-electron chi connectivity index (χ0n) is 11.3. The number of amides is 2. The Morgan fingerprint density at radius 2 is 2.05 bits per heavy atom. The smallest absolute Gasteiger partial charge is 0.318 e. The second kappa shape index (κ2) is 6.08. The molecule has 106 valence electrons.